The predicted molar refractivity (Wildman–Crippen MR) is 77.5 cm³/mol. The number of ether oxygens (including phenoxy) is 1. The molecule has 0 aliphatic heterocycles. The molecule has 3 N–H and O–H groups in total. The molecule has 1 atom stereocenters. The van der Waals surface area contributed by atoms with Crippen LogP contribution in [0.2, 0.25) is 0 Å². The zero-order valence-corrected chi connectivity index (χ0v) is 12.6. The van der Waals surface area contributed by atoms with E-state index in [4.69, 9.17) is 5.73 Å². The molecule has 132 valence electrons. The minimum atomic E-state index is -5.28. The van der Waals surface area contributed by atoms with Gasteiger partial charge in [-0.15, -0.1) is 0 Å². The second-order valence-electron chi connectivity index (χ2n) is 4.95. The van der Waals surface area contributed by atoms with Crippen LogP contribution in [0, 0.1) is 0 Å². The van der Waals surface area contributed by atoms with Gasteiger partial charge in [0.15, 0.2) is 0 Å². The molecule has 1 amide bonds. The summed E-state index contributed by atoms with van der Waals surface area (Å²) in [6, 6.07) is 8.13. The van der Waals surface area contributed by atoms with Gasteiger partial charge in [0.25, 0.3) is 0 Å². The molecule has 0 saturated heterocycles. The van der Waals surface area contributed by atoms with Gasteiger partial charge in [0, 0.05) is 6.54 Å². The molecule has 0 aromatic heterocycles. The SMILES string of the molecule is N[C@@H](CC(=O)OC(=O)C(F)(F)F)C(=O)NCCCc1ccccc1. The fraction of sp³-hybridized carbons (Fsp3) is 0.400. The van der Waals surface area contributed by atoms with Crippen LogP contribution in [0.5, 0.6) is 0 Å². The van der Waals surface area contributed by atoms with Crippen molar-refractivity contribution in [2.24, 2.45) is 5.73 Å². The topological polar surface area (TPSA) is 98.5 Å². The molecule has 0 bridgehead atoms. The Kier molecular flexibility index (Phi) is 7.37. The molecule has 0 saturated carbocycles. The fourth-order valence-corrected chi connectivity index (χ4v) is 1.76. The highest BCUT2D eigenvalue weighted by molar-refractivity contribution is 5.92. The number of amides is 1. The number of hydrogen-bond donors (Lipinski definition) is 2. The molecule has 0 aliphatic carbocycles. The zero-order valence-electron chi connectivity index (χ0n) is 12.6. The number of nitrogens with one attached hydrogen (secondary N) is 1. The third-order valence-electron chi connectivity index (χ3n) is 2.95. The Morgan fingerprint density at radius 1 is 1.17 bits per heavy atom. The van der Waals surface area contributed by atoms with E-state index in [0.29, 0.717) is 6.42 Å². The summed E-state index contributed by atoms with van der Waals surface area (Å²) in [6.45, 7) is 0.290. The van der Waals surface area contributed by atoms with Crippen molar-refractivity contribution in [2.45, 2.75) is 31.5 Å². The Labute approximate surface area is 136 Å². The van der Waals surface area contributed by atoms with Crippen LogP contribution in [0.3, 0.4) is 0 Å². The number of nitrogens with two attached hydrogens (primary N) is 1. The highest BCUT2D eigenvalue weighted by atomic mass is 19.4. The number of rotatable bonds is 7. The van der Waals surface area contributed by atoms with E-state index in [1.807, 2.05) is 30.3 Å². The molecule has 0 spiro atoms. The van der Waals surface area contributed by atoms with Crippen LogP contribution in [0.25, 0.3) is 0 Å². The molecule has 1 aromatic rings. The standard InChI is InChI=1S/C15H17F3N2O4/c16-15(17,18)14(23)24-12(21)9-11(19)13(22)20-8-4-7-10-5-2-1-3-6-10/h1-3,5-6,11H,4,7-9,19H2,(H,20,22)/t11-/m0/s1. The normalized spacial score (nSPS) is 12.3. The molecule has 9 heteroatoms. The lowest BCUT2D eigenvalue weighted by Crippen LogP contribution is -2.43. The number of hydrogen-bond acceptors (Lipinski definition) is 5. The smallest absolute Gasteiger partial charge is 0.386 e. The molecule has 6 nitrogen and oxygen atoms in total. The van der Waals surface area contributed by atoms with Crippen LogP contribution >= 0.6 is 0 Å². The van der Waals surface area contributed by atoms with Gasteiger partial charge in [-0.25, -0.2) is 4.79 Å². The lowest BCUT2D eigenvalue weighted by Gasteiger charge is -2.12. The lowest BCUT2D eigenvalue weighted by atomic mass is 10.1. The Morgan fingerprint density at radius 2 is 1.79 bits per heavy atom. The molecule has 24 heavy (non-hydrogen) atoms. The van der Waals surface area contributed by atoms with Crippen LogP contribution < -0.4 is 11.1 Å². The van der Waals surface area contributed by atoms with Crippen molar-refractivity contribution in [3.8, 4) is 0 Å². The van der Waals surface area contributed by atoms with Crippen LogP contribution in [-0.2, 0) is 25.5 Å². The third-order valence-corrected chi connectivity index (χ3v) is 2.95. The Balaban J connectivity index is 2.27. The molecule has 1 aromatic carbocycles. The summed E-state index contributed by atoms with van der Waals surface area (Å²) in [6.07, 6.45) is -4.76. The first kappa shape index (κ1) is 19.6. The van der Waals surface area contributed by atoms with E-state index in [9.17, 15) is 27.6 Å². The number of alkyl halides is 3. The minimum Gasteiger partial charge on any atom is -0.386 e. The summed E-state index contributed by atoms with van der Waals surface area (Å²) in [5.74, 6) is -4.85. The molecule has 0 aliphatic rings. The van der Waals surface area contributed by atoms with Crippen LogP contribution in [-0.4, -0.2) is 36.6 Å². The molecular weight excluding hydrogens is 329 g/mol. The molecule has 1 rings (SSSR count). The fourth-order valence-electron chi connectivity index (χ4n) is 1.76. The van der Waals surface area contributed by atoms with Gasteiger partial charge in [-0.05, 0) is 18.4 Å². The summed E-state index contributed by atoms with van der Waals surface area (Å²) in [5.41, 5.74) is 6.48. The van der Waals surface area contributed by atoms with Gasteiger partial charge in [0.1, 0.15) is 0 Å². The molecule has 0 heterocycles. The van der Waals surface area contributed by atoms with E-state index in [-0.39, 0.29) is 6.54 Å². The van der Waals surface area contributed by atoms with Gasteiger partial charge >= 0.3 is 18.1 Å². The van der Waals surface area contributed by atoms with E-state index < -0.39 is 36.5 Å². The van der Waals surface area contributed by atoms with E-state index in [2.05, 4.69) is 10.1 Å². The number of carbonyl (C=O) groups excluding carboxylic acids is 3. The lowest BCUT2D eigenvalue weighted by molar-refractivity contribution is -0.202. The van der Waals surface area contributed by atoms with Gasteiger partial charge in [-0.3, -0.25) is 9.59 Å². The van der Waals surface area contributed by atoms with Crippen molar-refractivity contribution < 1.29 is 32.3 Å². The van der Waals surface area contributed by atoms with E-state index in [0.717, 1.165) is 12.0 Å². The van der Waals surface area contributed by atoms with Gasteiger partial charge in [0.05, 0.1) is 12.5 Å². The number of carbonyl (C=O) groups is 3. The van der Waals surface area contributed by atoms with Gasteiger partial charge < -0.3 is 15.8 Å². The first-order valence-corrected chi connectivity index (χ1v) is 7.09. The molecular formula is C15H17F3N2O4. The van der Waals surface area contributed by atoms with Crippen molar-refractivity contribution in [3.05, 3.63) is 35.9 Å². The quantitative estimate of drug-likeness (QED) is 0.437. The maximum atomic E-state index is 11.9. The predicted octanol–water partition coefficient (Wildman–Crippen LogP) is 1.08. The van der Waals surface area contributed by atoms with Crippen LogP contribution in [0.15, 0.2) is 30.3 Å². The minimum absolute atomic E-state index is 0.290. The Hall–Kier alpha value is -2.42. The van der Waals surface area contributed by atoms with Gasteiger partial charge in [0.2, 0.25) is 5.91 Å². The highest BCUT2D eigenvalue weighted by Gasteiger charge is 2.42. The Morgan fingerprint density at radius 3 is 2.38 bits per heavy atom. The number of esters is 2. The van der Waals surface area contributed by atoms with Crippen LogP contribution in [0.1, 0.15) is 18.4 Å². The molecule has 0 unspecified atom stereocenters. The van der Waals surface area contributed by atoms with E-state index in [1.165, 1.54) is 0 Å². The summed E-state index contributed by atoms with van der Waals surface area (Å²) in [7, 11) is 0. The largest absolute Gasteiger partial charge is 0.491 e. The van der Waals surface area contributed by atoms with Crippen molar-refractivity contribution in [3.63, 3.8) is 0 Å². The first-order valence-electron chi connectivity index (χ1n) is 7.09. The van der Waals surface area contributed by atoms with Crippen LogP contribution in [0.4, 0.5) is 13.2 Å². The maximum Gasteiger partial charge on any atom is 0.491 e. The third kappa shape index (κ3) is 7.23. The van der Waals surface area contributed by atoms with Crippen molar-refractivity contribution in [1.82, 2.24) is 5.32 Å². The second kappa shape index (κ2) is 9.02. The van der Waals surface area contributed by atoms with Gasteiger partial charge in [-0.1, -0.05) is 30.3 Å². The summed E-state index contributed by atoms with van der Waals surface area (Å²) >= 11 is 0. The van der Waals surface area contributed by atoms with Crippen molar-refractivity contribution >= 4 is 17.8 Å². The van der Waals surface area contributed by atoms with Gasteiger partial charge in [-0.2, -0.15) is 13.2 Å². The average Bonchev–Trinajstić information content (AvgIpc) is 2.51. The highest BCUT2D eigenvalue weighted by Crippen LogP contribution is 2.16. The number of benzene rings is 1. The molecule has 0 fully saturated rings. The summed E-state index contributed by atoms with van der Waals surface area (Å²) in [5, 5.41) is 2.46. The monoisotopic (exact) mass is 346 g/mol. The summed E-state index contributed by atoms with van der Waals surface area (Å²) in [4.78, 5) is 33.2. The van der Waals surface area contributed by atoms with Crippen molar-refractivity contribution in [2.75, 3.05) is 6.54 Å². The second-order valence-corrected chi connectivity index (χ2v) is 4.95. The number of aryl methyl sites for hydroxylation is 1. The summed E-state index contributed by atoms with van der Waals surface area (Å²) < 4.78 is 39.3. The maximum absolute atomic E-state index is 11.9. The number of halogens is 3. The van der Waals surface area contributed by atoms with Crippen molar-refractivity contribution in [1.29, 1.82) is 0 Å². The van der Waals surface area contributed by atoms with E-state index in [1.54, 1.807) is 0 Å². The van der Waals surface area contributed by atoms with E-state index >= 15 is 0 Å². The zero-order chi connectivity index (χ0) is 18.2. The first-order chi connectivity index (χ1) is 11.2. The Bertz CT molecular complexity index is 576. The molecule has 0 radical (unpaired) electrons. The average molecular weight is 346 g/mol.